The van der Waals surface area contributed by atoms with Crippen molar-refractivity contribution >= 4 is 14.2 Å². The van der Waals surface area contributed by atoms with Crippen LogP contribution in [-0.4, -0.2) is 32.7 Å². The van der Waals surface area contributed by atoms with E-state index in [0.717, 1.165) is 32.2 Å². The van der Waals surface area contributed by atoms with Crippen molar-refractivity contribution in [3.05, 3.63) is 12.3 Å². The van der Waals surface area contributed by atoms with E-state index >= 15 is 0 Å². The largest absolute Gasteiger partial charge is 0.549 e. The molecule has 0 radical (unpaired) electrons. The number of rotatable bonds is 6. The molecule has 0 spiro atoms. The summed E-state index contributed by atoms with van der Waals surface area (Å²) in [6, 6.07) is 0. The zero-order valence-corrected chi connectivity index (χ0v) is 15.0. The Morgan fingerprint density at radius 3 is 2.55 bits per heavy atom. The van der Waals surface area contributed by atoms with Gasteiger partial charge in [0.15, 0.2) is 0 Å². The summed E-state index contributed by atoms with van der Waals surface area (Å²) in [5.74, 6) is 0.584. The number of carbonyl (C=O) groups excluding carboxylic acids is 1. The lowest BCUT2D eigenvalue weighted by molar-refractivity contribution is -0.130. The second-order valence-electron chi connectivity index (χ2n) is 7.43. The molecule has 0 N–H and O–H groups in total. The maximum Gasteiger partial charge on any atom is 0.249 e. The Bertz CT molecular complexity index is 358. The van der Waals surface area contributed by atoms with Gasteiger partial charge in [-0.1, -0.05) is 26.8 Å². The fraction of sp³-hybridized carbons (Fsp3) is 0.812. The average Bonchev–Trinajstić information content (AvgIpc) is 2.63. The third-order valence-corrected chi connectivity index (χ3v) is 9.06. The lowest BCUT2D eigenvalue weighted by atomic mass is 10.0. The van der Waals surface area contributed by atoms with Crippen molar-refractivity contribution in [3.8, 4) is 0 Å². The highest BCUT2D eigenvalue weighted by molar-refractivity contribution is 6.74. The highest BCUT2D eigenvalue weighted by atomic mass is 28.4. The molecule has 1 aliphatic heterocycles. The molecule has 0 aliphatic carbocycles. The van der Waals surface area contributed by atoms with Gasteiger partial charge in [0.25, 0.3) is 0 Å². The Morgan fingerprint density at radius 1 is 1.40 bits per heavy atom. The predicted octanol–water partition coefficient (Wildman–Crippen LogP) is 4.17. The van der Waals surface area contributed by atoms with Crippen LogP contribution in [0.2, 0.25) is 18.1 Å². The van der Waals surface area contributed by atoms with E-state index in [0.29, 0.717) is 5.91 Å². The zero-order chi connectivity index (χ0) is 15.4. The van der Waals surface area contributed by atoms with Crippen molar-refractivity contribution in [2.45, 2.75) is 64.6 Å². The van der Waals surface area contributed by atoms with Gasteiger partial charge in [0.1, 0.15) is 0 Å². The number of allylic oxidation sites excluding steroid dienone is 1. The Balaban J connectivity index is 2.22. The second-order valence-corrected chi connectivity index (χ2v) is 12.2. The first kappa shape index (κ1) is 17.3. The molecule has 1 rings (SSSR count). The monoisotopic (exact) mass is 297 g/mol. The van der Waals surface area contributed by atoms with Gasteiger partial charge in [0, 0.05) is 19.5 Å². The first-order valence-electron chi connectivity index (χ1n) is 7.73. The van der Waals surface area contributed by atoms with Gasteiger partial charge in [0.05, 0.1) is 6.26 Å². The zero-order valence-electron chi connectivity index (χ0n) is 14.0. The van der Waals surface area contributed by atoms with Crippen LogP contribution in [0.1, 0.15) is 46.5 Å². The van der Waals surface area contributed by atoms with E-state index < -0.39 is 8.32 Å². The number of hydrogen-bond acceptors (Lipinski definition) is 2. The molecule has 3 nitrogen and oxygen atoms in total. The van der Waals surface area contributed by atoms with Crippen LogP contribution in [0.5, 0.6) is 0 Å². The predicted molar refractivity (Wildman–Crippen MR) is 87.0 cm³/mol. The molecule has 1 heterocycles. The van der Waals surface area contributed by atoms with Crippen molar-refractivity contribution in [3.63, 3.8) is 0 Å². The molecule has 1 saturated heterocycles. The Hall–Kier alpha value is -0.773. The summed E-state index contributed by atoms with van der Waals surface area (Å²) in [6.07, 6.45) is 8.11. The van der Waals surface area contributed by atoms with Crippen LogP contribution in [0.15, 0.2) is 12.3 Å². The minimum Gasteiger partial charge on any atom is -0.549 e. The van der Waals surface area contributed by atoms with Gasteiger partial charge >= 0.3 is 0 Å². The van der Waals surface area contributed by atoms with Gasteiger partial charge in [-0.2, -0.15) is 0 Å². The van der Waals surface area contributed by atoms with Crippen molar-refractivity contribution in [1.82, 2.24) is 4.90 Å². The lowest BCUT2D eigenvalue weighted by Crippen LogP contribution is -2.39. The lowest BCUT2D eigenvalue weighted by Gasteiger charge is -2.34. The number of unbranched alkanes of at least 4 members (excludes halogenated alkanes) is 1. The van der Waals surface area contributed by atoms with E-state index in [1.165, 1.54) is 0 Å². The van der Waals surface area contributed by atoms with Gasteiger partial charge < -0.3 is 9.33 Å². The van der Waals surface area contributed by atoms with Crippen LogP contribution in [0, 0.1) is 5.92 Å². The van der Waals surface area contributed by atoms with Crippen LogP contribution in [0.4, 0.5) is 0 Å². The van der Waals surface area contributed by atoms with Gasteiger partial charge in [-0.15, -0.1) is 0 Å². The van der Waals surface area contributed by atoms with E-state index in [1.54, 1.807) is 0 Å². The molecule has 0 bridgehead atoms. The first-order chi connectivity index (χ1) is 9.15. The van der Waals surface area contributed by atoms with Crippen molar-refractivity contribution in [2.24, 2.45) is 5.92 Å². The summed E-state index contributed by atoms with van der Waals surface area (Å²) in [5, 5.41) is 0.248. The number of amides is 1. The molecular formula is C16H31NO2Si. The summed E-state index contributed by atoms with van der Waals surface area (Å²) in [5.41, 5.74) is 0. The van der Waals surface area contributed by atoms with Crippen LogP contribution in [-0.2, 0) is 9.22 Å². The van der Waals surface area contributed by atoms with Gasteiger partial charge in [-0.05, 0) is 43.8 Å². The summed E-state index contributed by atoms with van der Waals surface area (Å²) in [6.45, 7) is 12.2. The normalized spacial score (nSPS) is 21.0. The number of carbonyl (C=O) groups is 1. The minimum absolute atomic E-state index is 0.248. The van der Waals surface area contributed by atoms with E-state index in [1.807, 2.05) is 18.2 Å². The highest BCUT2D eigenvalue weighted by Gasteiger charge is 2.37. The minimum atomic E-state index is -1.66. The highest BCUT2D eigenvalue weighted by Crippen LogP contribution is 2.36. The quantitative estimate of drug-likeness (QED) is 0.418. The molecule has 1 amide bonds. The molecule has 1 aliphatic rings. The molecule has 1 unspecified atom stereocenters. The molecule has 0 aromatic rings. The molecule has 0 aromatic heterocycles. The van der Waals surface area contributed by atoms with Crippen LogP contribution in [0.25, 0.3) is 0 Å². The summed E-state index contributed by atoms with van der Waals surface area (Å²) in [4.78, 5) is 13.6. The topological polar surface area (TPSA) is 29.5 Å². The maximum absolute atomic E-state index is 11.8. The number of hydrogen-bond donors (Lipinski definition) is 0. The number of likely N-dealkylation sites (tertiary alicyclic amines) is 1. The molecule has 1 fully saturated rings. The third kappa shape index (κ3) is 4.65. The Labute approximate surface area is 125 Å². The van der Waals surface area contributed by atoms with Crippen molar-refractivity contribution in [2.75, 3.05) is 13.6 Å². The molecule has 1 atom stereocenters. The fourth-order valence-corrected chi connectivity index (χ4v) is 2.90. The smallest absolute Gasteiger partial charge is 0.249 e. The molecule has 4 heteroatoms. The van der Waals surface area contributed by atoms with Gasteiger partial charge in [-0.25, -0.2) is 0 Å². The maximum atomic E-state index is 11.8. The van der Waals surface area contributed by atoms with Crippen molar-refractivity contribution < 1.29 is 9.22 Å². The summed E-state index contributed by atoms with van der Waals surface area (Å²) in [7, 11) is 0.240. The second kappa shape index (κ2) is 6.79. The average molecular weight is 298 g/mol. The van der Waals surface area contributed by atoms with Crippen LogP contribution < -0.4 is 0 Å². The fourth-order valence-electron chi connectivity index (χ4n) is 2.11. The summed E-state index contributed by atoms with van der Waals surface area (Å²) >= 11 is 0. The summed E-state index contributed by atoms with van der Waals surface area (Å²) < 4.78 is 5.99. The van der Waals surface area contributed by atoms with E-state index in [9.17, 15) is 4.79 Å². The molecule has 116 valence electrons. The van der Waals surface area contributed by atoms with E-state index in [2.05, 4.69) is 39.9 Å². The Morgan fingerprint density at radius 2 is 2.05 bits per heavy atom. The van der Waals surface area contributed by atoms with Gasteiger partial charge in [-0.3, -0.25) is 4.79 Å². The van der Waals surface area contributed by atoms with E-state index in [4.69, 9.17) is 4.43 Å². The van der Waals surface area contributed by atoms with Crippen LogP contribution >= 0.6 is 0 Å². The van der Waals surface area contributed by atoms with Crippen molar-refractivity contribution in [1.29, 1.82) is 0 Å². The third-order valence-electron chi connectivity index (χ3n) is 4.73. The number of nitrogens with zero attached hydrogens (tertiary/aromatic N) is 1. The SMILES string of the molecule is CN1CCC(CCC/C=C/O[Si](C)(C)C(C)(C)C)C1=O. The molecular weight excluding hydrogens is 266 g/mol. The Kier molecular flexibility index (Phi) is 5.87. The molecule has 20 heavy (non-hydrogen) atoms. The standard InChI is InChI=1S/C16H31NO2Si/c1-16(2,3)20(5,6)19-13-9-7-8-10-14-11-12-17(4)15(14)18/h9,13-14H,7-8,10-12H2,1-6H3/b13-9+. The van der Waals surface area contributed by atoms with E-state index in [-0.39, 0.29) is 11.0 Å². The van der Waals surface area contributed by atoms with Crippen LogP contribution in [0.3, 0.4) is 0 Å². The molecule has 0 saturated carbocycles. The first-order valence-corrected chi connectivity index (χ1v) is 10.6. The molecule has 0 aromatic carbocycles. The van der Waals surface area contributed by atoms with Gasteiger partial charge in [0.2, 0.25) is 14.2 Å².